The molecule has 1 heterocycles. The molecule has 2 rings (SSSR count). The van der Waals surface area contributed by atoms with Gasteiger partial charge in [-0.15, -0.1) is 5.10 Å². The van der Waals surface area contributed by atoms with Crippen LogP contribution in [0.2, 0.25) is 0 Å². The second kappa shape index (κ2) is 3.18. The Kier molecular flexibility index (Phi) is 2.03. The topological polar surface area (TPSA) is 54.9 Å². The first kappa shape index (κ1) is 7.67. The zero-order valence-corrected chi connectivity index (χ0v) is 7.30. The van der Waals surface area contributed by atoms with E-state index in [9.17, 15) is 4.79 Å². The molecule has 64 valence electrons. The minimum absolute atomic E-state index is 0.0604. The molecule has 0 bridgehead atoms. The molecule has 5 heteroatoms. The standard InChI is InChI=1S/C7H9N3OS/c11-7(3-5-1-2-5)8-6-4-12-10-9-6/h4-5H,1-3H2,(H,8,11). The van der Waals surface area contributed by atoms with Crippen LogP contribution in [0.25, 0.3) is 0 Å². The largest absolute Gasteiger partial charge is 0.308 e. The second-order valence-corrected chi connectivity index (χ2v) is 3.60. The fourth-order valence-corrected chi connectivity index (χ4v) is 1.39. The number of nitrogens with zero attached hydrogens (tertiary/aromatic N) is 2. The van der Waals surface area contributed by atoms with Crippen molar-refractivity contribution in [2.75, 3.05) is 5.32 Å². The first-order valence-electron chi connectivity index (χ1n) is 3.91. The number of anilines is 1. The van der Waals surface area contributed by atoms with Gasteiger partial charge in [0.15, 0.2) is 5.82 Å². The van der Waals surface area contributed by atoms with Gasteiger partial charge >= 0.3 is 0 Å². The smallest absolute Gasteiger partial charge is 0.225 e. The van der Waals surface area contributed by atoms with Gasteiger partial charge in [0.05, 0.1) is 5.38 Å². The van der Waals surface area contributed by atoms with Gasteiger partial charge in [0.1, 0.15) is 0 Å². The Balaban J connectivity index is 1.82. The van der Waals surface area contributed by atoms with Crippen LogP contribution in [0.4, 0.5) is 5.82 Å². The van der Waals surface area contributed by atoms with Gasteiger partial charge in [0.2, 0.25) is 5.91 Å². The van der Waals surface area contributed by atoms with E-state index in [1.165, 1.54) is 24.4 Å². The molecule has 0 spiro atoms. The van der Waals surface area contributed by atoms with Crippen LogP contribution in [0.15, 0.2) is 5.38 Å². The number of hydrogen-bond acceptors (Lipinski definition) is 4. The summed E-state index contributed by atoms with van der Waals surface area (Å²) in [5.41, 5.74) is 0. The third-order valence-corrected chi connectivity index (χ3v) is 2.30. The number of hydrogen-bond donors (Lipinski definition) is 1. The molecule has 0 unspecified atom stereocenters. The van der Waals surface area contributed by atoms with Gasteiger partial charge in [-0.3, -0.25) is 4.79 Å². The summed E-state index contributed by atoms with van der Waals surface area (Å²) in [7, 11) is 0. The zero-order valence-electron chi connectivity index (χ0n) is 6.49. The van der Waals surface area contributed by atoms with Gasteiger partial charge in [-0.05, 0) is 30.3 Å². The quantitative estimate of drug-likeness (QED) is 0.767. The lowest BCUT2D eigenvalue weighted by Crippen LogP contribution is -2.12. The number of rotatable bonds is 3. The van der Waals surface area contributed by atoms with Gasteiger partial charge in [-0.25, -0.2) is 0 Å². The lowest BCUT2D eigenvalue weighted by molar-refractivity contribution is -0.116. The normalized spacial score (nSPS) is 16.0. The molecule has 0 aliphatic heterocycles. The minimum atomic E-state index is 0.0604. The van der Waals surface area contributed by atoms with Crippen molar-refractivity contribution in [3.63, 3.8) is 0 Å². The molecule has 1 N–H and O–H groups in total. The van der Waals surface area contributed by atoms with Gasteiger partial charge in [-0.2, -0.15) is 0 Å². The average Bonchev–Trinajstić information content (AvgIpc) is 2.66. The highest BCUT2D eigenvalue weighted by Crippen LogP contribution is 2.32. The number of carbonyl (C=O) groups excluding carboxylic acids is 1. The van der Waals surface area contributed by atoms with Gasteiger partial charge in [0, 0.05) is 6.42 Å². The van der Waals surface area contributed by atoms with E-state index in [1.807, 2.05) is 0 Å². The van der Waals surface area contributed by atoms with Crippen LogP contribution in [-0.4, -0.2) is 15.5 Å². The lowest BCUT2D eigenvalue weighted by Gasteiger charge is -1.97. The molecule has 1 aliphatic rings. The molecule has 0 aromatic carbocycles. The van der Waals surface area contributed by atoms with Crippen molar-refractivity contribution in [3.05, 3.63) is 5.38 Å². The van der Waals surface area contributed by atoms with E-state index in [2.05, 4.69) is 14.9 Å². The van der Waals surface area contributed by atoms with E-state index >= 15 is 0 Å². The molecular formula is C7H9N3OS. The summed E-state index contributed by atoms with van der Waals surface area (Å²) >= 11 is 1.24. The molecular weight excluding hydrogens is 174 g/mol. The Bertz CT molecular complexity index is 268. The molecule has 1 aromatic heterocycles. The van der Waals surface area contributed by atoms with Gasteiger partial charge in [-0.1, -0.05) is 4.49 Å². The minimum Gasteiger partial charge on any atom is -0.308 e. The highest BCUT2D eigenvalue weighted by Gasteiger charge is 2.24. The maximum absolute atomic E-state index is 11.2. The monoisotopic (exact) mass is 183 g/mol. The first-order chi connectivity index (χ1) is 5.84. The van der Waals surface area contributed by atoms with Gasteiger partial charge in [0.25, 0.3) is 0 Å². The van der Waals surface area contributed by atoms with Crippen molar-refractivity contribution in [3.8, 4) is 0 Å². The summed E-state index contributed by atoms with van der Waals surface area (Å²) in [4.78, 5) is 11.2. The molecule has 0 saturated heterocycles. The predicted octanol–water partition coefficient (Wildman–Crippen LogP) is 1.28. The highest BCUT2D eigenvalue weighted by molar-refractivity contribution is 7.03. The average molecular weight is 183 g/mol. The third kappa shape index (κ3) is 2.01. The molecule has 0 radical (unpaired) electrons. The molecule has 0 atom stereocenters. The highest BCUT2D eigenvalue weighted by atomic mass is 32.1. The van der Waals surface area contributed by atoms with E-state index in [4.69, 9.17) is 0 Å². The molecule has 1 aromatic rings. The van der Waals surface area contributed by atoms with E-state index in [-0.39, 0.29) is 5.91 Å². The van der Waals surface area contributed by atoms with Crippen molar-refractivity contribution >= 4 is 23.3 Å². The van der Waals surface area contributed by atoms with Crippen molar-refractivity contribution < 1.29 is 4.79 Å². The van der Waals surface area contributed by atoms with Crippen molar-refractivity contribution in [2.24, 2.45) is 5.92 Å². The summed E-state index contributed by atoms with van der Waals surface area (Å²) in [5, 5.41) is 8.14. The van der Waals surface area contributed by atoms with Crippen molar-refractivity contribution in [1.82, 2.24) is 9.59 Å². The van der Waals surface area contributed by atoms with Crippen LogP contribution in [0.1, 0.15) is 19.3 Å². The maximum atomic E-state index is 11.2. The summed E-state index contributed by atoms with van der Waals surface area (Å²) in [6.45, 7) is 0. The third-order valence-electron chi connectivity index (χ3n) is 1.80. The second-order valence-electron chi connectivity index (χ2n) is 2.99. The summed E-state index contributed by atoms with van der Waals surface area (Å²) in [6, 6.07) is 0. The van der Waals surface area contributed by atoms with Crippen LogP contribution in [0.5, 0.6) is 0 Å². The molecule has 1 amide bonds. The van der Waals surface area contributed by atoms with E-state index in [1.54, 1.807) is 5.38 Å². The fourth-order valence-electron chi connectivity index (χ4n) is 0.997. The van der Waals surface area contributed by atoms with Crippen LogP contribution in [-0.2, 0) is 4.79 Å². The number of aromatic nitrogens is 2. The van der Waals surface area contributed by atoms with Crippen molar-refractivity contribution in [2.45, 2.75) is 19.3 Å². The Hall–Kier alpha value is -0.970. The van der Waals surface area contributed by atoms with E-state index in [0.717, 1.165) is 0 Å². The van der Waals surface area contributed by atoms with Crippen LogP contribution < -0.4 is 5.32 Å². The lowest BCUT2D eigenvalue weighted by atomic mass is 10.3. The maximum Gasteiger partial charge on any atom is 0.225 e. The molecule has 1 fully saturated rings. The summed E-state index contributed by atoms with van der Waals surface area (Å²) < 4.78 is 3.65. The summed E-state index contributed by atoms with van der Waals surface area (Å²) in [6.07, 6.45) is 3.03. The Morgan fingerprint density at radius 3 is 3.17 bits per heavy atom. The number of amides is 1. The number of carbonyl (C=O) groups is 1. The molecule has 4 nitrogen and oxygen atoms in total. The molecule has 12 heavy (non-hydrogen) atoms. The van der Waals surface area contributed by atoms with Crippen LogP contribution >= 0.6 is 11.5 Å². The zero-order chi connectivity index (χ0) is 8.39. The predicted molar refractivity (Wildman–Crippen MR) is 45.9 cm³/mol. The Labute approximate surface area is 74.2 Å². The SMILES string of the molecule is O=C(CC1CC1)Nc1csnn1. The van der Waals surface area contributed by atoms with E-state index in [0.29, 0.717) is 18.2 Å². The van der Waals surface area contributed by atoms with Crippen molar-refractivity contribution in [1.29, 1.82) is 0 Å². The van der Waals surface area contributed by atoms with Crippen LogP contribution in [0, 0.1) is 5.92 Å². The van der Waals surface area contributed by atoms with Gasteiger partial charge < -0.3 is 5.32 Å². The number of nitrogens with one attached hydrogen (secondary N) is 1. The Morgan fingerprint density at radius 1 is 1.75 bits per heavy atom. The molecule has 1 aliphatic carbocycles. The Morgan fingerprint density at radius 2 is 2.58 bits per heavy atom. The van der Waals surface area contributed by atoms with E-state index < -0.39 is 0 Å². The molecule has 1 saturated carbocycles. The fraction of sp³-hybridized carbons (Fsp3) is 0.571. The van der Waals surface area contributed by atoms with Crippen LogP contribution in [0.3, 0.4) is 0 Å². The first-order valence-corrected chi connectivity index (χ1v) is 4.75. The summed E-state index contributed by atoms with van der Waals surface area (Å²) in [5.74, 6) is 1.26.